The molecule has 4 aromatic rings. The number of sulfonamides is 2. The Hall–Kier alpha value is -4.44. The van der Waals surface area contributed by atoms with Gasteiger partial charge in [-0.15, -0.1) is 0 Å². The first kappa shape index (κ1) is 38.8. The Balaban J connectivity index is 0.000000201. The summed E-state index contributed by atoms with van der Waals surface area (Å²) in [5, 5.41) is 17.8. The Morgan fingerprint density at radius 1 is 0.462 bits per heavy atom. The van der Waals surface area contributed by atoms with E-state index in [1.165, 1.54) is 0 Å². The van der Waals surface area contributed by atoms with Gasteiger partial charge in [0.25, 0.3) is 0 Å². The molecule has 2 aliphatic rings. The third-order valence-electron chi connectivity index (χ3n) is 9.58. The maximum Gasteiger partial charge on any atom is 0.248 e. The molecule has 52 heavy (non-hydrogen) atoms. The number of hydrogen-bond acceptors (Lipinski definition) is 8. The zero-order chi connectivity index (χ0) is 37.1. The normalized spacial score (nSPS) is 20.5. The molecule has 0 heterocycles. The molecular formula is C38H44N4O8S2. The predicted molar refractivity (Wildman–Crippen MR) is 196 cm³/mol. The van der Waals surface area contributed by atoms with E-state index in [1.54, 1.807) is 59.5 Å². The number of carbonyl (C=O) groups excluding carboxylic acids is 2. The highest BCUT2D eigenvalue weighted by Gasteiger charge is 2.35. The molecule has 0 saturated heterocycles. The van der Waals surface area contributed by atoms with Gasteiger partial charge in [0.1, 0.15) is 0 Å². The van der Waals surface area contributed by atoms with Crippen molar-refractivity contribution in [2.24, 2.45) is 11.8 Å². The summed E-state index contributed by atoms with van der Waals surface area (Å²) >= 11 is 0. The van der Waals surface area contributed by atoms with Crippen LogP contribution in [-0.4, -0.2) is 51.1 Å². The fourth-order valence-corrected chi connectivity index (χ4v) is 9.41. The second-order valence-electron chi connectivity index (χ2n) is 13.0. The molecule has 12 nitrogen and oxygen atoms in total. The minimum Gasteiger partial charge on any atom is -0.289 e. The molecule has 0 aromatic heterocycles. The Labute approximate surface area is 304 Å². The molecule has 2 amide bonds. The highest BCUT2D eigenvalue weighted by atomic mass is 32.2. The van der Waals surface area contributed by atoms with Crippen molar-refractivity contribution < 1.29 is 36.8 Å². The van der Waals surface area contributed by atoms with Crippen molar-refractivity contribution in [2.75, 3.05) is 0 Å². The number of nitrogens with one attached hydrogen (secondary N) is 4. The van der Waals surface area contributed by atoms with E-state index in [4.69, 9.17) is 10.4 Å². The highest BCUT2D eigenvalue weighted by Crippen LogP contribution is 2.29. The van der Waals surface area contributed by atoms with E-state index < -0.39 is 55.8 Å². The van der Waals surface area contributed by atoms with Crippen molar-refractivity contribution in [3.63, 3.8) is 0 Å². The summed E-state index contributed by atoms with van der Waals surface area (Å²) in [7, 11) is -7.49. The zero-order valence-electron chi connectivity index (χ0n) is 28.5. The van der Waals surface area contributed by atoms with Crippen LogP contribution in [0.25, 0.3) is 22.3 Å². The molecule has 0 aliphatic heterocycles. The molecule has 2 aliphatic carbocycles. The Morgan fingerprint density at radius 2 is 0.769 bits per heavy atom. The van der Waals surface area contributed by atoms with Gasteiger partial charge in [0.15, 0.2) is 0 Å². The summed E-state index contributed by atoms with van der Waals surface area (Å²) in [6, 6.07) is 31.7. The molecule has 2 fully saturated rings. The van der Waals surface area contributed by atoms with Gasteiger partial charge in [0.2, 0.25) is 31.9 Å². The van der Waals surface area contributed by atoms with Crippen molar-refractivity contribution in [3.8, 4) is 22.3 Å². The van der Waals surface area contributed by atoms with Crippen LogP contribution >= 0.6 is 0 Å². The first-order chi connectivity index (χ1) is 25.0. The second kappa shape index (κ2) is 17.9. The van der Waals surface area contributed by atoms with Gasteiger partial charge < -0.3 is 0 Å². The predicted octanol–water partition coefficient (Wildman–Crippen LogP) is 5.39. The van der Waals surface area contributed by atoms with E-state index in [9.17, 15) is 26.4 Å². The Bertz CT molecular complexity index is 1850. The lowest BCUT2D eigenvalue weighted by atomic mass is 9.85. The SMILES string of the molecule is O=C(NO)C1CCCC[C@@H]1NS(=O)(=O)c1ccc(-c2ccccc2)cc1.O=C(NO)[C@@H]1CCCC[C@@H]1NS(=O)(=O)c1ccc(-c2ccccc2)cc1. The molecule has 6 N–H and O–H groups in total. The van der Waals surface area contributed by atoms with Crippen LogP contribution in [0, 0.1) is 11.8 Å². The quantitative estimate of drug-likeness (QED) is 0.0919. The molecule has 4 atom stereocenters. The minimum atomic E-state index is -3.75. The van der Waals surface area contributed by atoms with Crippen LogP contribution in [0.5, 0.6) is 0 Å². The second-order valence-corrected chi connectivity index (χ2v) is 16.4. The third-order valence-corrected chi connectivity index (χ3v) is 12.6. The minimum absolute atomic E-state index is 0.158. The summed E-state index contributed by atoms with van der Waals surface area (Å²) in [6.45, 7) is 0. The number of rotatable bonds is 10. The molecule has 0 spiro atoms. The van der Waals surface area contributed by atoms with Gasteiger partial charge in [-0.05, 0) is 72.2 Å². The summed E-state index contributed by atoms with van der Waals surface area (Å²) < 4.78 is 56.1. The molecule has 0 radical (unpaired) electrons. The number of amides is 2. The standard InChI is InChI=1S/2C19H22N2O4S/c2*22-19(20-23)17-8-4-5-9-18(17)21-26(24,25)16-12-10-15(11-13-16)14-6-2-1-3-7-14/h2*1-3,6-7,10-13,17-18,21,23H,4-5,8-9H2,(H,20,22)/t17?,18-;17-,18+/m01/s1. The van der Waals surface area contributed by atoms with E-state index in [1.807, 2.05) is 60.7 Å². The lowest BCUT2D eigenvalue weighted by Gasteiger charge is -2.30. The molecule has 2 saturated carbocycles. The molecule has 4 aromatic carbocycles. The first-order valence-corrected chi connectivity index (χ1v) is 20.2. The van der Waals surface area contributed by atoms with Gasteiger partial charge in [-0.3, -0.25) is 20.0 Å². The van der Waals surface area contributed by atoms with Crippen LogP contribution in [0.3, 0.4) is 0 Å². The van der Waals surface area contributed by atoms with E-state index in [2.05, 4.69) is 9.44 Å². The third kappa shape index (κ3) is 9.91. The van der Waals surface area contributed by atoms with Crippen LogP contribution in [-0.2, 0) is 29.6 Å². The van der Waals surface area contributed by atoms with Crippen molar-refractivity contribution in [1.29, 1.82) is 0 Å². The Morgan fingerprint density at radius 3 is 1.10 bits per heavy atom. The monoisotopic (exact) mass is 748 g/mol. The van der Waals surface area contributed by atoms with Gasteiger partial charge in [-0.2, -0.15) is 0 Å². The van der Waals surface area contributed by atoms with Gasteiger partial charge in [0, 0.05) is 12.1 Å². The largest absolute Gasteiger partial charge is 0.289 e. The van der Waals surface area contributed by atoms with E-state index in [0.29, 0.717) is 25.7 Å². The lowest BCUT2D eigenvalue weighted by Crippen LogP contribution is -2.47. The maximum atomic E-state index is 12.7. The molecule has 0 bridgehead atoms. The molecule has 1 unspecified atom stereocenters. The number of hydrogen-bond donors (Lipinski definition) is 6. The average molecular weight is 749 g/mol. The van der Waals surface area contributed by atoms with E-state index in [-0.39, 0.29) is 9.79 Å². The van der Waals surface area contributed by atoms with Crippen LogP contribution in [0.1, 0.15) is 51.4 Å². The summed E-state index contributed by atoms with van der Waals surface area (Å²) in [6.07, 6.45) is 5.59. The topological polar surface area (TPSA) is 191 Å². The lowest BCUT2D eigenvalue weighted by molar-refractivity contribution is -0.135. The summed E-state index contributed by atoms with van der Waals surface area (Å²) in [5.41, 5.74) is 7.17. The van der Waals surface area contributed by atoms with Gasteiger partial charge in [-0.25, -0.2) is 37.2 Å². The van der Waals surface area contributed by atoms with Crippen LogP contribution in [0.4, 0.5) is 0 Å². The van der Waals surface area contributed by atoms with Crippen molar-refractivity contribution >= 4 is 31.9 Å². The average Bonchev–Trinajstić information content (AvgIpc) is 3.18. The van der Waals surface area contributed by atoms with Crippen LogP contribution in [0.15, 0.2) is 119 Å². The maximum absolute atomic E-state index is 12.7. The zero-order valence-corrected chi connectivity index (χ0v) is 30.2. The van der Waals surface area contributed by atoms with E-state index in [0.717, 1.165) is 47.9 Å². The van der Waals surface area contributed by atoms with Gasteiger partial charge in [0.05, 0.1) is 21.6 Å². The first-order valence-electron chi connectivity index (χ1n) is 17.3. The number of carbonyl (C=O) groups is 2. The van der Waals surface area contributed by atoms with Crippen molar-refractivity contribution in [3.05, 3.63) is 109 Å². The number of hydroxylamine groups is 2. The fourth-order valence-electron chi connectivity index (χ4n) is 6.79. The van der Waals surface area contributed by atoms with Crippen molar-refractivity contribution in [2.45, 2.75) is 73.2 Å². The van der Waals surface area contributed by atoms with Gasteiger partial charge >= 0.3 is 0 Å². The molecule has 14 heteroatoms. The number of benzene rings is 4. The van der Waals surface area contributed by atoms with Gasteiger partial charge in [-0.1, -0.05) is 111 Å². The van der Waals surface area contributed by atoms with Crippen molar-refractivity contribution in [1.82, 2.24) is 20.4 Å². The van der Waals surface area contributed by atoms with E-state index >= 15 is 0 Å². The molecule has 6 rings (SSSR count). The van der Waals surface area contributed by atoms with Crippen LogP contribution in [0.2, 0.25) is 0 Å². The summed E-state index contributed by atoms with van der Waals surface area (Å²) in [5.74, 6) is -2.21. The molecule has 276 valence electrons. The fraction of sp³-hybridized carbons (Fsp3) is 0.316. The highest BCUT2D eigenvalue weighted by molar-refractivity contribution is 7.89. The molecular weight excluding hydrogens is 705 g/mol. The summed E-state index contributed by atoms with van der Waals surface area (Å²) in [4.78, 5) is 23.9. The Kier molecular flexibility index (Phi) is 13.3. The van der Waals surface area contributed by atoms with Crippen LogP contribution < -0.4 is 20.4 Å². The smallest absolute Gasteiger partial charge is 0.248 e.